The molecule has 5 nitrogen and oxygen atoms in total. The highest BCUT2D eigenvalue weighted by molar-refractivity contribution is 6.00. The number of hydrogen-bond acceptors (Lipinski definition) is 5. The van der Waals surface area contributed by atoms with Gasteiger partial charge in [-0.1, -0.05) is 25.1 Å². The van der Waals surface area contributed by atoms with Gasteiger partial charge in [0.2, 0.25) is 0 Å². The van der Waals surface area contributed by atoms with E-state index in [1.807, 2.05) is 24.3 Å². The number of ether oxygens (including phenoxy) is 2. The van der Waals surface area contributed by atoms with E-state index in [9.17, 15) is 9.59 Å². The Bertz CT molecular complexity index is 833. The van der Waals surface area contributed by atoms with Crippen molar-refractivity contribution < 1.29 is 19.1 Å². The molecule has 1 N–H and O–H groups in total. The van der Waals surface area contributed by atoms with Gasteiger partial charge in [-0.25, -0.2) is 0 Å². The van der Waals surface area contributed by atoms with Crippen molar-refractivity contribution in [3.63, 3.8) is 0 Å². The maximum absolute atomic E-state index is 13.3. The lowest BCUT2D eigenvalue weighted by atomic mass is 9.71. The molecule has 1 fully saturated rings. The van der Waals surface area contributed by atoms with Crippen molar-refractivity contribution in [2.75, 3.05) is 7.11 Å². The Morgan fingerprint density at radius 3 is 2.48 bits per heavy atom. The van der Waals surface area contributed by atoms with Crippen molar-refractivity contribution in [3.8, 4) is 5.75 Å². The number of Topliss-reactive ketones (excluding diaryl/α,β-unsaturated/α-hetero) is 1. The average Bonchev–Trinajstić information content (AvgIpc) is 2.73. The Hall–Kier alpha value is -2.56. The Labute approximate surface area is 172 Å². The molecule has 4 rings (SSSR count). The molecule has 154 valence electrons. The highest BCUT2D eigenvalue weighted by Crippen LogP contribution is 2.45. The van der Waals surface area contributed by atoms with Gasteiger partial charge in [-0.15, -0.1) is 0 Å². The summed E-state index contributed by atoms with van der Waals surface area (Å²) in [6.45, 7) is 4.15. The minimum Gasteiger partial charge on any atom is -0.497 e. The van der Waals surface area contributed by atoms with Crippen molar-refractivity contribution >= 4 is 11.8 Å². The summed E-state index contributed by atoms with van der Waals surface area (Å²) in [5.74, 6) is -0.394. The minimum atomic E-state index is -0.605. The summed E-state index contributed by atoms with van der Waals surface area (Å²) in [4.78, 5) is 26.2. The van der Waals surface area contributed by atoms with Crippen molar-refractivity contribution in [2.24, 2.45) is 5.92 Å². The van der Waals surface area contributed by atoms with Gasteiger partial charge in [0.25, 0.3) is 0 Å². The van der Waals surface area contributed by atoms with Gasteiger partial charge in [0.1, 0.15) is 17.8 Å². The number of allylic oxidation sites excluding steroid dienone is 2. The van der Waals surface area contributed by atoms with Crippen LogP contribution < -0.4 is 10.1 Å². The molecule has 2 atom stereocenters. The second-order valence-corrected chi connectivity index (χ2v) is 8.24. The molecule has 0 saturated heterocycles. The third-order valence-corrected chi connectivity index (χ3v) is 6.35. The molecule has 5 heteroatoms. The van der Waals surface area contributed by atoms with Crippen molar-refractivity contribution in [3.05, 3.63) is 53.4 Å². The Morgan fingerprint density at radius 2 is 1.79 bits per heavy atom. The van der Waals surface area contributed by atoms with Gasteiger partial charge in [-0.2, -0.15) is 0 Å². The molecule has 0 amide bonds. The standard InChI is InChI=1S/C24H29NO4/c1-15-21(24(27)29-18-7-4-3-5-8-18)22(16-11-13-17(28-2)14-12-16)23-19(25-15)9-6-10-20(23)26/h11-14,18,21-22,25H,1,3-10H2,2H3. The van der Waals surface area contributed by atoms with E-state index in [4.69, 9.17) is 9.47 Å². The molecule has 1 aromatic carbocycles. The Morgan fingerprint density at radius 1 is 1.07 bits per heavy atom. The Kier molecular flexibility index (Phi) is 5.74. The molecule has 1 saturated carbocycles. The van der Waals surface area contributed by atoms with Gasteiger partial charge in [-0.3, -0.25) is 9.59 Å². The highest BCUT2D eigenvalue weighted by Gasteiger charge is 2.44. The van der Waals surface area contributed by atoms with Crippen LogP contribution >= 0.6 is 0 Å². The molecular weight excluding hydrogens is 366 g/mol. The third-order valence-electron chi connectivity index (χ3n) is 6.35. The van der Waals surface area contributed by atoms with E-state index in [0.29, 0.717) is 12.1 Å². The van der Waals surface area contributed by atoms with Crippen molar-refractivity contribution in [1.82, 2.24) is 5.32 Å². The van der Waals surface area contributed by atoms with Crippen LogP contribution in [-0.2, 0) is 14.3 Å². The average molecular weight is 395 g/mol. The molecule has 29 heavy (non-hydrogen) atoms. The zero-order valence-electron chi connectivity index (χ0n) is 17.0. The second-order valence-electron chi connectivity index (χ2n) is 8.24. The summed E-state index contributed by atoms with van der Waals surface area (Å²) < 4.78 is 11.2. The van der Waals surface area contributed by atoms with Gasteiger partial charge in [0, 0.05) is 29.3 Å². The monoisotopic (exact) mass is 395 g/mol. The normalized spacial score (nSPS) is 25.3. The van der Waals surface area contributed by atoms with E-state index in [0.717, 1.165) is 61.1 Å². The van der Waals surface area contributed by atoms with Crippen LogP contribution in [0.1, 0.15) is 62.8 Å². The molecule has 2 unspecified atom stereocenters. The smallest absolute Gasteiger partial charge is 0.316 e. The van der Waals surface area contributed by atoms with Gasteiger partial charge in [0.15, 0.2) is 5.78 Å². The van der Waals surface area contributed by atoms with Gasteiger partial charge < -0.3 is 14.8 Å². The summed E-state index contributed by atoms with van der Waals surface area (Å²) in [5.41, 5.74) is 3.18. The molecule has 1 aromatic rings. The molecule has 0 bridgehead atoms. The number of methoxy groups -OCH3 is 1. The SMILES string of the molecule is C=C1NC2=C(C(=O)CCC2)C(c2ccc(OC)cc2)C1C(=O)OC1CCCCC1. The van der Waals surface area contributed by atoms with E-state index < -0.39 is 5.92 Å². The van der Waals surface area contributed by atoms with Crippen LogP contribution in [0.3, 0.4) is 0 Å². The lowest BCUT2D eigenvalue weighted by Crippen LogP contribution is -2.42. The first-order valence-electron chi connectivity index (χ1n) is 10.6. The number of hydrogen-bond donors (Lipinski definition) is 1. The van der Waals surface area contributed by atoms with Gasteiger partial charge in [0.05, 0.1) is 7.11 Å². The second kappa shape index (κ2) is 8.44. The fourth-order valence-corrected chi connectivity index (χ4v) is 4.86. The summed E-state index contributed by atoms with van der Waals surface area (Å²) in [6.07, 6.45) is 7.33. The quantitative estimate of drug-likeness (QED) is 0.766. The predicted molar refractivity (Wildman–Crippen MR) is 110 cm³/mol. The van der Waals surface area contributed by atoms with Gasteiger partial charge in [-0.05, 0) is 56.2 Å². The van der Waals surface area contributed by atoms with E-state index in [-0.39, 0.29) is 23.8 Å². The van der Waals surface area contributed by atoms with Gasteiger partial charge >= 0.3 is 5.97 Å². The predicted octanol–water partition coefficient (Wildman–Crippen LogP) is 4.39. The van der Waals surface area contributed by atoms with Crippen molar-refractivity contribution in [1.29, 1.82) is 0 Å². The van der Waals surface area contributed by atoms with Crippen LogP contribution in [-0.4, -0.2) is 25.0 Å². The summed E-state index contributed by atoms with van der Waals surface area (Å²) in [5, 5.41) is 3.28. The van der Waals surface area contributed by atoms with Crippen LogP contribution in [0.25, 0.3) is 0 Å². The van der Waals surface area contributed by atoms with Crippen LogP contribution in [0.5, 0.6) is 5.75 Å². The molecule has 1 aliphatic heterocycles. The van der Waals surface area contributed by atoms with E-state index >= 15 is 0 Å². The van der Waals surface area contributed by atoms with E-state index in [2.05, 4.69) is 11.9 Å². The summed E-state index contributed by atoms with van der Waals surface area (Å²) in [6, 6.07) is 7.62. The fraction of sp³-hybridized carbons (Fsp3) is 0.500. The lowest BCUT2D eigenvalue weighted by molar-refractivity contribution is -0.155. The van der Waals surface area contributed by atoms with E-state index in [1.54, 1.807) is 7.11 Å². The first kappa shape index (κ1) is 19.7. The fourth-order valence-electron chi connectivity index (χ4n) is 4.86. The molecule has 2 aliphatic carbocycles. The van der Waals surface area contributed by atoms with Crippen molar-refractivity contribution in [2.45, 2.75) is 63.4 Å². The number of rotatable bonds is 4. The minimum absolute atomic E-state index is 0.0296. The largest absolute Gasteiger partial charge is 0.497 e. The number of nitrogens with one attached hydrogen (secondary N) is 1. The zero-order valence-corrected chi connectivity index (χ0v) is 17.0. The first-order valence-corrected chi connectivity index (χ1v) is 10.6. The van der Waals surface area contributed by atoms with Crippen LogP contribution in [0, 0.1) is 5.92 Å². The third kappa shape index (κ3) is 3.96. The number of ketones is 1. The van der Waals surface area contributed by atoms with Crippen LogP contribution in [0.4, 0.5) is 0 Å². The lowest BCUT2D eigenvalue weighted by Gasteiger charge is -2.39. The number of carbonyl (C=O) groups is 2. The topological polar surface area (TPSA) is 64.6 Å². The van der Waals surface area contributed by atoms with Crippen LogP contribution in [0.15, 0.2) is 47.8 Å². The summed E-state index contributed by atoms with van der Waals surface area (Å²) >= 11 is 0. The molecule has 1 heterocycles. The molecule has 0 radical (unpaired) electrons. The number of esters is 1. The number of benzene rings is 1. The molecule has 0 aromatic heterocycles. The zero-order chi connectivity index (χ0) is 20.4. The molecule has 0 spiro atoms. The molecule has 3 aliphatic rings. The first-order chi connectivity index (χ1) is 14.1. The summed E-state index contributed by atoms with van der Waals surface area (Å²) in [7, 11) is 1.62. The molecular formula is C24H29NO4. The van der Waals surface area contributed by atoms with E-state index in [1.165, 1.54) is 6.42 Å². The Balaban J connectivity index is 1.70. The maximum atomic E-state index is 13.3. The highest BCUT2D eigenvalue weighted by atomic mass is 16.5. The number of carbonyl (C=O) groups excluding carboxylic acids is 2. The maximum Gasteiger partial charge on any atom is 0.316 e. The van der Waals surface area contributed by atoms with Crippen LogP contribution in [0.2, 0.25) is 0 Å².